The Morgan fingerprint density at radius 1 is 0.327 bits per heavy atom. The molecule has 0 unspecified atom stereocenters. The number of rotatable bonds is 4. The van der Waals surface area contributed by atoms with Gasteiger partial charge in [0.15, 0.2) is 0 Å². The van der Waals surface area contributed by atoms with Crippen LogP contribution in [0.3, 0.4) is 0 Å². The summed E-state index contributed by atoms with van der Waals surface area (Å²) < 4.78 is 0. The van der Waals surface area contributed by atoms with Crippen molar-refractivity contribution in [2.24, 2.45) is 0 Å². The van der Waals surface area contributed by atoms with Crippen LogP contribution in [-0.2, 0) is 146 Å². The number of nitrogens with one attached hydrogen (secondary N) is 9. The molecule has 113 heavy (non-hydrogen) atoms. The normalized spacial score (nSPS) is 14.5. The summed E-state index contributed by atoms with van der Waals surface area (Å²) in [5.74, 6) is -4.75. The average Bonchev–Trinajstić information content (AvgIpc) is 0.943. The number of carboxylic acid groups (broad SMARTS) is 6. The first-order chi connectivity index (χ1) is 45.4. The van der Waals surface area contributed by atoms with Crippen molar-refractivity contribution in [3.05, 3.63) is 82.4 Å². The summed E-state index contributed by atoms with van der Waals surface area (Å²) in [6, 6.07) is 1.44. The van der Waals surface area contributed by atoms with E-state index in [1.54, 1.807) is 18.8 Å². The zero-order chi connectivity index (χ0) is 80.3. The number of nitrogens with two attached hydrogens (primary N) is 5. The molecule has 0 radical (unpaired) electrons. The van der Waals surface area contributed by atoms with Gasteiger partial charge in [0.2, 0.25) is 0 Å². The second-order valence-corrected chi connectivity index (χ2v) is 54.1. The van der Waals surface area contributed by atoms with Gasteiger partial charge in [0.25, 0.3) is 23.9 Å². The SMILES string of the molecule is CC(=O)O.CC(=O)O.CC(=O)O.CC(=O)O.CC(C)[NH-].CC(C)[NH-].CCCC(=O)O.CCCC(=O)O.O.O.O.O.O.O.O.O.O.[Cl][Pt+2]([Cl])([Cl])[Cl].[Cl][Pt+2][Cl].[Cl][Pt+2][Cl].[Cl][Pt+2][Cl].[Cl][Pt+2][Cl].[Cl][Pt].[NH-]C1CCCCC1.[NH-]C1CCCCC1.[NH-]C1CCCCC1.[NH-]C1CCCCC1.[NH-]C1CCCCC1.[NH-][C@@H]1CCCC[C@H]1[NH-].[NH2-].[NH2-].[NH2-].[NH2-].[NH2-].[Pt+2]. The molecule has 0 bridgehead atoms. The summed E-state index contributed by atoms with van der Waals surface area (Å²) >= 11 is -3.33. The van der Waals surface area contributed by atoms with E-state index < -0.39 is 114 Å². The van der Waals surface area contributed by atoms with Gasteiger partial charge in [0.1, 0.15) is 0 Å². The van der Waals surface area contributed by atoms with E-state index in [-0.39, 0.29) is 155 Å². The van der Waals surface area contributed by atoms with Crippen LogP contribution in [0.4, 0.5) is 0 Å². The molecule has 0 spiro atoms. The Balaban J connectivity index is -0.0000000244. The third-order valence-electron chi connectivity index (χ3n) is 10.7. The first-order valence-electron chi connectivity index (χ1n) is 30.9. The topological polar surface area (TPSA) is 889 Å². The van der Waals surface area contributed by atoms with Gasteiger partial charge in [-0.15, -0.1) is 42.3 Å². The Morgan fingerprint density at radius 2 is 0.407 bits per heavy atom. The maximum atomic E-state index is 9.60. The van der Waals surface area contributed by atoms with Gasteiger partial charge in [-0.2, -0.15) is 12.1 Å². The van der Waals surface area contributed by atoms with Crippen LogP contribution in [0.2, 0.25) is 0 Å². The molecule has 0 saturated heterocycles. The number of hydrogen-bond donors (Lipinski definition) is 6. The molecule has 6 rings (SSSR count). The van der Waals surface area contributed by atoms with E-state index in [2.05, 4.69) is 9.42 Å². The van der Waals surface area contributed by atoms with Crippen molar-refractivity contribution >= 4 is 158 Å². The molecule has 6 fully saturated rings. The van der Waals surface area contributed by atoms with Gasteiger partial charge in [-0.1, -0.05) is 228 Å². The van der Waals surface area contributed by atoms with Crippen LogP contribution in [0, 0.1) is 0 Å². The van der Waals surface area contributed by atoms with Crippen molar-refractivity contribution in [2.45, 2.75) is 336 Å². The number of carboxylic acids is 6. The van der Waals surface area contributed by atoms with Crippen molar-refractivity contribution in [3.63, 3.8) is 0 Å². The Hall–Kier alpha value is 4.49. The summed E-state index contributed by atoms with van der Waals surface area (Å²) in [5, 5.41) is 45.5. The average molecular weight is 3200 g/mol. The van der Waals surface area contributed by atoms with Crippen molar-refractivity contribution in [1.82, 2.24) is 0 Å². The van der Waals surface area contributed by atoms with Crippen LogP contribution >= 0.6 is 122 Å². The molecule has 55 heteroatoms. The molecule has 43 N–H and O–H groups in total. The van der Waals surface area contributed by atoms with Crippen LogP contribution in [0.1, 0.15) is 281 Å². The molecular weight excluding hydrogens is 3060 g/mol. The second kappa shape index (κ2) is 182. The molecule has 6 aliphatic rings. The molecule has 0 aromatic rings. The Bertz CT molecular complexity index is 1370. The van der Waals surface area contributed by atoms with Gasteiger partial charge in [-0.25, -0.2) is 0 Å². The summed E-state index contributed by atoms with van der Waals surface area (Å²) in [6.07, 6.45) is 37.7. The Kier molecular flexibility index (Phi) is 327. The minimum atomic E-state index is -3.06. The van der Waals surface area contributed by atoms with E-state index in [4.69, 9.17) is 214 Å². The van der Waals surface area contributed by atoms with Crippen LogP contribution < -0.4 is 0 Å². The molecule has 0 amide bonds. The van der Waals surface area contributed by atoms with Crippen LogP contribution in [0.25, 0.3) is 82.4 Å². The fourth-order valence-electron chi connectivity index (χ4n) is 7.07. The molecule has 6 saturated carbocycles. The van der Waals surface area contributed by atoms with Gasteiger partial charge in [0, 0.05) is 40.5 Å². The molecule has 739 valence electrons. The van der Waals surface area contributed by atoms with E-state index >= 15 is 0 Å². The summed E-state index contributed by atoms with van der Waals surface area (Å²) in [7, 11) is 63.6. The van der Waals surface area contributed by atoms with E-state index in [0.717, 1.165) is 118 Å². The third kappa shape index (κ3) is 404. The standard InChI is InChI=1S/C6H12N2.5C6H12N.2C4H8O2.2C3H8N.4C2H4O2.13ClH.5H2N.9H2O.7Pt/c7-5-3-1-2-4-6(5)8;5*7-6-4-2-1-3-5-6;2*1-2-3-4(5)6;2*1-3(2)4;4*1-2(3)4;;;;;;;;;;;;;;;;;;;;;;;;;;;;;;;;;;/h5-8H,1-4H2;5*6-7H,1-5H2;2*2-3H2,1H3,(H,5,6);2*3-4H,1-2H3;4*1H3,(H,3,4);13*1H;14*1H2;;;;;;;/q-2;5*-1;;;2*-1;;;;;;;;;;;;;;;;;;5*-1;;;;;;;;;;+1;+2;4*+4;+6/p-13/t5-,6-;;;;;;;;;;;;;;;;;;;;;;;;;;;;;;;;;;;;;;;;;;;;;;;/m1.............................................../s1. The number of hydrogen-bond acceptors (Lipinski definition) is 6. The first-order valence-corrected chi connectivity index (χ1v) is 67.5. The van der Waals surface area contributed by atoms with Crippen molar-refractivity contribution in [1.29, 1.82) is 0 Å². The minimum Gasteiger partial charge on any atom is -0.693 e. The van der Waals surface area contributed by atoms with Crippen LogP contribution in [0.15, 0.2) is 0 Å². The Labute approximate surface area is 792 Å². The third-order valence-corrected chi connectivity index (χ3v) is 10.7. The van der Waals surface area contributed by atoms with Gasteiger partial charge >= 0.3 is 252 Å². The monoisotopic (exact) mass is 3200 g/mol. The maximum Gasteiger partial charge on any atom is 2.00 e. The van der Waals surface area contributed by atoms with E-state index in [9.17, 15) is 9.59 Å². The summed E-state index contributed by atoms with van der Waals surface area (Å²) in [6.45, 7) is 15.3. The number of halogens is 13. The van der Waals surface area contributed by atoms with Gasteiger partial charge in [-0.05, 0) is 12.8 Å². The Morgan fingerprint density at radius 3 is 0.442 bits per heavy atom. The maximum absolute atomic E-state index is 9.60. The minimum absolute atomic E-state index is 0. The van der Waals surface area contributed by atoms with Crippen molar-refractivity contribution in [3.8, 4) is 0 Å². The molecule has 0 heterocycles. The van der Waals surface area contributed by atoms with Crippen molar-refractivity contribution < 1.29 is 226 Å². The summed E-state index contributed by atoms with van der Waals surface area (Å²) in [4.78, 5) is 55.2. The smallest absolute Gasteiger partial charge is 0.693 e. The zero-order valence-electron chi connectivity index (χ0n) is 65.7. The predicted molar refractivity (Wildman–Crippen MR) is 463 cm³/mol. The molecule has 35 nitrogen and oxygen atoms in total. The van der Waals surface area contributed by atoms with Crippen LogP contribution in [-0.4, -0.2) is 170 Å². The number of carbonyl (C=O) groups is 6. The first kappa shape index (κ1) is 204. The fourth-order valence-corrected chi connectivity index (χ4v) is 7.07. The van der Waals surface area contributed by atoms with Crippen LogP contribution in [0.5, 0.6) is 0 Å². The quantitative estimate of drug-likeness (QED) is 0.153. The van der Waals surface area contributed by atoms with Gasteiger partial charge in [0.05, 0.1) is 0 Å². The van der Waals surface area contributed by atoms with E-state index in [1.807, 2.05) is 41.5 Å². The summed E-state index contributed by atoms with van der Waals surface area (Å²) in [5.41, 5.74) is 64.1. The van der Waals surface area contributed by atoms with Crippen molar-refractivity contribution in [2.75, 3.05) is 0 Å². The molecule has 0 aromatic carbocycles. The second-order valence-electron chi connectivity index (χ2n) is 21.3. The predicted octanol–water partition coefficient (Wildman–Crippen LogP) is 24.4. The van der Waals surface area contributed by atoms with E-state index in [0.29, 0.717) is 12.8 Å². The molecule has 6 aliphatic carbocycles. The van der Waals surface area contributed by atoms with E-state index in [1.165, 1.54) is 109 Å². The molecule has 0 aromatic heterocycles. The molecule has 0 aliphatic heterocycles. The largest absolute Gasteiger partial charge is 2.00 e. The van der Waals surface area contributed by atoms with Gasteiger partial charge in [-0.3, -0.25) is 28.8 Å². The molecule has 2 atom stereocenters. The fraction of sp³-hybridized carbons (Fsp3) is 0.897. The van der Waals surface area contributed by atoms with Gasteiger partial charge < -0.3 is 162 Å². The zero-order valence-corrected chi connectivity index (χ0v) is 91.4. The molecular formula is C58H148Cl13N14O21Pt7-2. The number of aliphatic carboxylic acids is 6.